The molecule has 3 rings (SSSR count). The molecule has 0 amide bonds. The second-order valence-corrected chi connectivity index (χ2v) is 7.42. The Kier molecular flexibility index (Phi) is 8.79. The first-order chi connectivity index (χ1) is 14.8. The van der Waals surface area contributed by atoms with Gasteiger partial charge in [0.25, 0.3) is 0 Å². The average Bonchev–Trinajstić information content (AvgIpc) is 2.81. The number of carbonyl (C=O) groups excluding carboxylic acids is 1. The molecule has 4 nitrogen and oxygen atoms in total. The number of hydrogen-bond acceptors (Lipinski definition) is 4. The molecule has 0 heterocycles. The van der Waals surface area contributed by atoms with Crippen LogP contribution in [0.4, 0.5) is 0 Å². The van der Waals surface area contributed by atoms with Crippen LogP contribution in [-0.2, 0) is 38.8 Å². The first kappa shape index (κ1) is 21.9. The summed E-state index contributed by atoms with van der Waals surface area (Å²) in [6.45, 7) is 2.01. The van der Waals surface area contributed by atoms with Crippen LogP contribution in [-0.4, -0.2) is 26.1 Å². The van der Waals surface area contributed by atoms with E-state index in [-0.39, 0.29) is 19.8 Å². The van der Waals surface area contributed by atoms with Crippen LogP contribution in [0.25, 0.3) is 0 Å². The highest BCUT2D eigenvalue weighted by Gasteiger charge is 2.31. The first-order valence-electron chi connectivity index (χ1n) is 10.1. The van der Waals surface area contributed by atoms with E-state index in [1.165, 1.54) is 0 Å². The predicted molar refractivity (Wildman–Crippen MR) is 117 cm³/mol. The molecule has 3 aromatic rings. The summed E-state index contributed by atoms with van der Waals surface area (Å²) < 4.78 is 17.7. The minimum Gasteiger partial charge on any atom is -0.376 e. The van der Waals surface area contributed by atoms with Crippen LogP contribution in [0, 0.1) is 5.41 Å². The molecule has 30 heavy (non-hydrogen) atoms. The molecule has 3 aromatic carbocycles. The molecule has 0 fully saturated rings. The summed E-state index contributed by atoms with van der Waals surface area (Å²) in [5.74, 6) is 0. The molecule has 0 spiro atoms. The van der Waals surface area contributed by atoms with Gasteiger partial charge in [-0.25, -0.2) is 0 Å². The van der Waals surface area contributed by atoms with Gasteiger partial charge in [0.15, 0.2) is 0 Å². The topological polar surface area (TPSA) is 44.8 Å². The standard InChI is InChI=1S/C26H28O4/c27-19-26(20-28-16-23-10-4-1-5-11-23,21-29-17-24-12-6-2-7-13-24)22-30-18-25-14-8-3-9-15-25/h1-15,19H,16-18,20-22H2. The van der Waals surface area contributed by atoms with Gasteiger partial charge in [-0.05, 0) is 16.7 Å². The highest BCUT2D eigenvalue weighted by molar-refractivity contribution is 5.60. The molecule has 0 aliphatic heterocycles. The molecule has 0 aliphatic rings. The van der Waals surface area contributed by atoms with Crippen LogP contribution < -0.4 is 0 Å². The molecule has 0 bridgehead atoms. The fourth-order valence-electron chi connectivity index (χ4n) is 3.07. The maximum atomic E-state index is 12.1. The van der Waals surface area contributed by atoms with E-state index in [0.29, 0.717) is 19.8 Å². The predicted octanol–water partition coefficient (Wildman–Crippen LogP) is 4.82. The lowest BCUT2D eigenvalue weighted by molar-refractivity contribution is -0.133. The normalized spacial score (nSPS) is 11.3. The van der Waals surface area contributed by atoms with Gasteiger partial charge < -0.3 is 19.0 Å². The molecule has 156 valence electrons. The van der Waals surface area contributed by atoms with Crippen molar-refractivity contribution < 1.29 is 19.0 Å². The largest absolute Gasteiger partial charge is 0.376 e. The summed E-state index contributed by atoms with van der Waals surface area (Å²) in [5.41, 5.74) is 2.33. The fraction of sp³-hybridized carbons (Fsp3) is 0.269. The van der Waals surface area contributed by atoms with Gasteiger partial charge in [-0.2, -0.15) is 0 Å². The highest BCUT2D eigenvalue weighted by Crippen LogP contribution is 2.20. The minimum atomic E-state index is -0.863. The Labute approximate surface area is 178 Å². The Balaban J connectivity index is 1.57. The lowest BCUT2D eigenvalue weighted by atomic mass is 9.93. The van der Waals surface area contributed by atoms with Crippen molar-refractivity contribution in [3.8, 4) is 0 Å². The lowest BCUT2D eigenvalue weighted by Gasteiger charge is -2.27. The third-order valence-corrected chi connectivity index (χ3v) is 4.75. The van der Waals surface area contributed by atoms with Crippen molar-refractivity contribution in [3.05, 3.63) is 108 Å². The van der Waals surface area contributed by atoms with E-state index in [1.54, 1.807) is 0 Å². The zero-order chi connectivity index (χ0) is 20.9. The number of aldehydes is 1. The molecule has 4 heteroatoms. The minimum absolute atomic E-state index is 0.231. The van der Waals surface area contributed by atoms with E-state index in [1.807, 2.05) is 91.0 Å². The number of rotatable bonds is 13. The number of benzene rings is 3. The molecule has 0 radical (unpaired) electrons. The molecule has 0 aliphatic carbocycles. The SMILES string of the molecule is O=CC(COCc1ccccc1)(COCc1ccccc1)COCc1ccccc1. The Bertz CT molecular complexity index is 739. The van der Waals surface area contributed by atoms with Crippen molar-refractivity contribution >= 4 is 6.29 Å². The van der Waals surface area contributed by atoms with Crippen LogP contribution >= 0.6 is 0 Å². The maximum Gasteiger partial charge on any atom is 0.133 e. The highest BCUT2D eigenvalue weighted by atomic mass is 16.5. The van der Waals surface area contributed by atoms with Crippen molar-refractivity contribution in [3.63, 3.8) is 0 Å². The van der Waals surface area contributed by atoms with Crippen LogP contribution in [0.3, 0.4) is 0 Å². The molecule has 0 unspecified atom stereocenters. The second kappa shape index (κ2) is 12.0. The summed E-state index contributed by atoms with van der Waals surface area (Å²) in [7, 11) is 0. The molecular formula is C26H28O4. The molecule has 0 N–H and O–H groups in total. The summed E-state index contributed by atoms with van der Waals surface area (Å²) in [4.78, 5) is 12.1. The van der Waals surface area contributed by atoms with Crippen molar-refractivity contribution in [2.45, 2.75) is 19.8 Å². The van der Waals surface area contributed by atoms with Crippen molar-refractivity contribution in [1.82, 2.24) is 0 Å². The first-order valence-corrected chi connectivity index (χ1v) is 10.1. The smallest absolute Gasteiger partial charge is 0.133 e. The van der Waals surface area contributed by atoms with Crippen molar-refractivity contribution in [2.75, 3.05) is 19.8 Å². The van der Waals surface area contributed by atoms with Crippen molar-refractivity contribution in [2.24, 2.45) is 5.41 Å². The zero-order valence-electron chi connectivity index (χ0n) is 17.1. The molecule has 0 saturated heterocycles. The quantitative estimate of drug-likeness (QED) is 0.383. The summed E-state index contributed by atoms with van der Waals surface area (Å²) in [6.07, 6.45) is 0.911. The Hall–Kier alpha value is -2.79. The number of carbonyl (C=O) groups is 1. The van der Waals surface area contributed by atoms with Crippen LogP contribution in [0.1, 0.15) is 16.7 Å². The molecule has 0 saturated carbocycles. The third-order valence-electron chi connectivity index (χ3n) is 4.75. The average molecular weight is 405 g/mol. The molecule has 0 atom stereocenters. The van der Waals surface area contributed by atoms with Gasteiger partial charge in [0.2, 0.25) is 0 Å². The van der Waals surface area contributed by atoms with E-state index in [9.17, 15) is 4.79 Å². The molecular weight excluding hydrogens is 376 g/mol. The van der Waals surface area contributed by atoms with Gasteiger partial charge >= 0.3 is 0 Å². The molecule has 0 aromatic heterocycles. The van der Waals surface area contributed by atoms with E-state index < -0.39 is 5.41 Å². The van der Waals surface area contributed by atoms with Gasteiger partial charge in [0, 0.05) is 0 Å². The summed E-state index contributed by atoms with van der Waals surface area (Å²) in [6, 6.07) is 29.7. The Morgan fingerprint density at radius 3 is 1.10 bits per heavy atom. The Morgan fingerprint density at radius 1 is 0.533 bits per heavy atom. The lowest BCUT2D eigenvalue weighted by Crippen LogP contribution is -2.38. The van der Waals surface area contributed by atoms with Gasteiger partial charge in [-0.15, -0.1) is 0 Å². The van der Waals surface area contributed by atoms with Gasteiger partial charge in [0.1, 0.15) is 6.29 Å². The second-order valence-electron chi connectivity index (χ2n) is 7.42. The monoisotopic (exact) mass is 404 g/mol. The third kappa shape index (κ3) is 7.23. The maximum absolute atomic E-state index is 12.1. The van der Waals surface area contributed by atoms with Crippen LogP contribution in [0.5, 0.6) is 0 Å². The van der Waals surface area contributed by atoms with E-state index in [0.717, 1.165) is 23.0 Å². The number of hydrogen-bond donors (Lipinski definition) is 0. The summed E-state index contributed by atoms with van der Waals surface area (Å²) in [5, 5.41) is 0. The van der Waals surface area contributed by atoms with Crippen LogP contribution in [0.2, 0.25) is 0 Å². The van der Waals surface area contributed by atoms with E-state index >= 15 is 0 Å². The zero-order valence-corrected chi connectivity index (χ0v) is 17.1. The van der Waals surface area contributed by atoms with Gasteiger partial charge in [0.05, 0.1) is 45.1 Å². The summed E-state index contributed by atoms with van der Waals surface area (Å²) >= 11 is 0. The van der Waals surface area contributed by atoms with E-state index in [4.69, 9.17) is 14.2 Å². The fourth-order valence-corrected chi connectivity index (χ4v) is 3.07. The van der Waals surface area contributed by atoms with Crippen LogP contribution in [0.15, 0.2) is 91.0 Å². The van der Waals surface area contributed by atoms with E-state index in [2.05, 4.69) is 0 Å². The van der Waals surface area contributed by atoms with Gasteiger partial charge in [-0.1, -0.05) is 91.0 Å². The van der Waals surface area contributed by atoms with Crippen molar-refractivity contribution in [1.29, 1.82) is 0 Å². The Morgan fingerprint density at radius 2 is 0.833 bits per heavy atom. The number of ether oxygens (including phenoxy) is 3. The van der Waals surface area contributed by atoms with Gasteiger partial charge in [-0.3, -0.25) is 0 Å².